The summed E-state index contributed by atoms with van der Waals surface area (Å²) in [5.41, 5.74) is 4.00. The van der Waals surface area contributed by atoms with Gasteiger partial charge in [-0.3, -0.25) is 4.79 Å². The van der Waals surface area contributed by atoms with E-state index in [1.165, 1.54) is 5.56 Å². The van der Waals surface area contributed by atoms with Crippen molar-refractivity contribution in [3.63, 3.8) is 0 Å². The van der Waals surface area contributed by atoms with E-state index in [-0.39, 0.29) is 5.56 Å². The molecule has 2 aromatic carbocycles. The number of hydrogen-bond acceptors (Lipinski definition) is 3. The van der Waals surface area contributed by atoms with Gasteiger partial charge in [-0.2, -0.15) is 0 Å². The molecular formula is C20H15BrN2OS. The van der Waals surface area contributed by atoms with Gasteiger partial charge >= 0.3 is 0 Å². The number of fused-ring (bicyclic) bond motifs is 1. The van der Waals surface area contributed by atoms with Crippen LogP contribution in [-0.2, 0) is 0 Å². The third-order valence-electron chi connectivity index (χ3n) is 4.20. The first kappa shape index (κ1) is 16.2. The number of hydrogen-bond donors (Lipinski definition) is 1. The first-order valence-electron chi connectivity index (χ1n) is 7.89. The molecule has 5 heteroatoms. The minimum absolute atomic E-state index is 0.0946. The summed E-state index contributed by atoms with van der Waals surface area (Å²) in [7, 11) is 0. The lowest BCUT2D eigenvalue weighted by Crippen LogP contribution is -2.09. The average molecular weight is 411 g/mol. The maximum absolute atomic E-state index is 12.8. The van der Waals surface area contributed by atoms with Crippen molar-refractivity contribution in [2.75, 3.05) is 0 Å². The van der Waals surface area contributed by atoms with Crippen LogP contribution in [0.3, 0.4) is 0 Å². The molecular weight excluding hydrogens is 396 g/mol. The van der Waals surface area contributed by atoms with Crippen molar-refractivity contribution in [2.24, 2.45) is 0 Å². The summed E-state index contributed by atoms with van der Waals surface area (Å²) in [4.78, 5) is 22.3. The second-order valence-corrected chi connectivity index (χ2v) is 8.12. The topological polar surface area (TPSA) is 45.8 Å². The number of thiophene rings is 1. The molecule has 25 heavy (non-hydrogen) atoms. The third-order valence-corrected chi connectivity index (χ3v) is 5.72. The number of aryl methyl sites for hydroxylation is 2. The monoisotopic (exact) mass is 410 g/mol. The van der Waals surface area contributed by atoms with Crippen LogP contribution < -0.4 is 5.56 Å². The standard InChI is InChI=1S/C20H15BrN2OS/c1-11-3-5-14(6-4-11)18-22-19(24)17-16(12(2)25-20(17)23-18)13-7-9-15(21)10-8-13/h3-10H,1-2H3,(H,22,23,24). The van der Waals surface area contributed by atoms with Crippen molar-refractivity contribution in [1.82, 2.24) is 9.97 Å². The molecule has 0 amide bonds. The van der Waals surface area contributed by atoms with Crippen LogP contribution in [0.5, 0.6) is 0 Å². The zero-order valence-electron chi connectivity index (χ0n) is 13.8. The normalized spacial score (nSPS) is 11.2. The molecule has 2 heterocycles. The Kier molecular flexibility index (Phi) is 4.06. The van der Waals surface area contributed by atoms with E-state index in [2.05, 4.69) is 20.9 Å². The average Bonchev–Trinajstić information content (AvgIpc) is 2.93. The molecule has 4 rings (SSSR count). The van der Waals surface area contributed by atoms with Crippen molar-refractivity contribution >= 4 is 37.5 Å². The van der Waals surface area contributed by atoms with E-state index in [9.17, 15) is 4.79 Å². The van der Waals surface area contributed by atoms with Crippen LogP contribution >= 0.6 is 27.3 Å². The summed E-state index contributed by atoms with van der Waals surface area (Å²) in [6.45, 7) is 4.07. The summed E-state index contributed by atoms with van der Waals surface area (Å²) in [5, 5.41) is 0.667. The molecule has 2 aromatic heterocycles. The molecule has 0 fully saturated rings. The summed E-state index contributed by atoms with van der Waals surface area (Å²) in [6, 6.07) is 16.0. The maximum Gasteiger partial charge on any atom is 0.260 e. The molecule has 0 saturated heterocycles. The van der Waals surface area contributed by atoms with E-state index >= 15 is 0 Å². The second-order valence-electron chi connectivity index (χ2n) is 6.00. The largest absolute Gasteiger partial charge is 0.306 e. The van der Waals surface area contributed by atoms with E-state index in [1.54, 1.807) is 11.3 Å². The van der Waals surface area contributed by atoms with E-state index < -0.39 is 0 Å². The molecule has 0 bridgehead atoms. The van der Waals surface area contributed by atoms with Gasteiger partial charge in [-0.15, -0.1) is 11.3 Å². The zero-order chi connectivity index (χ0) is 17.6. The minimum Gasteiger partial charge on any atom is -0.306 e. The summed E-state index contributed by atoms with van der Waals surface area (Å²) in [5.74, 6) is 0.612. The Labute approximate surface area is 157 Å². The van der Waals surface area contributed by atoms with Gasteiger partial charge in [0, 0.05) is 20.5 Å². The Hall–Kier alpha value is -2.24. The smallest absolute Gasteiger partial charge is 0.260 e. The Bertz CT molecular complexity index is 1130. The van der Waals surface area contributed by atoms with Crippen molar-refractivity contribution in [1.29, 1.82) is 0 Å². The molecule has 4 aromatic rings. The predicted molar refractivity (Wildman–Crippen MR) is 108 cm³/mol. The third kappa shape index (κ3) is 2.94. The van der Waals surface area contributed by atoms with Crippen LogP contribution in [0.2, 0.25) is 0 Å². The van der Waals surface area contributed by atoms with Gasteiger partial charge in [0.05, 0.1) is 5.39 Å². The molecule has 3 nitrogen and oxygen atoms in total. The van der Waals surface area contributed by atoms with Crippen LogP contribution in [0.4, 0.5) is 0 Å². The summed E-state index contributed by atoms with van der Waals surface area (Å²) >= 11 is 5.02. The Morgan fingerprint density at radius 3 is 2.28 bits per heavy atom. The molecule has 0 aliphatic carbocycles. The summed E-state index contributed by atoms with van der Waals surface area (Å²) < 4.78 is 1.02. The highest BCUT2D eigenvalue weighted by molar-refractivity contribution is 9.10. The molecule has 0 unspecified atom stereocenters. The van der Waals surface area contributed by atoms with Crippen molar-refractivity contribution in [2.45, 2.75) is 13.8 Å². The Balaban J connectivity index is 1.93. The SMILES string of the molecule is Cc1ccc(-c2nc3sc(C)c(-c4ccc(Br)cc4)c3c(=O)[nH]2)cc1. The molecule has 1 N–H and O–H groups in total. The van der Waals surface area contributed by atoms with E-state index in [0.29, 0.717) is 11.2 Å². The second kappa shape index (κ2) is 6.24. The van der Waals surface area contributed by atoms with Crippen LogP contribution in [-0.4, -0.2) is 9.97 Å². The summed E-state index contributed by atoms with van der Waals surface area (Å²) in [6.07, 6.45) is 0. The predicted octanol–water partition coefficient (Wildman–Crippen LogP) is 5.70. The van der Waals surface area contributed by atoms with Crippen LogP contribution in [0, 0.1) is 13.8 Å². The number of rotatable bonds is 2. The number of H-pyrrole nitrogens is 1. The Morgan fingerprint density at radius 1 is 0.960 bits per heavy atom. The number of halogens is 1. The molecule has 0 radical (unpaired) electrons. The molecule has 0 aliphatic rings. The highest BCUT2D eigenvalue weighted by Gasteiger charge is 2.17. The lowest BCUT2D eigenvalue weighted by Gasteiger charge is -2.04. The Morgan fingerprint density at radius 2 is 1.60 bits per heavy atom. The van der Waals surface area contributed by atoms with Gasteiger partial charge in [0.2, 0.25) is 0 Å². The van der Waals surface area contributed by atoms with Crippen LogP contribution in [0.25, 0.3) is 32.7 Å². The molecule has 0 aliphatic heterocycles. The number of nitrogens with one attached hydrogen (secondary N) is 1. The lowest BCUT2D eigenvalue weighted by molar-refractivity contribution is 1.19. The minimum atomic E-state index is -0.0946. The van der Waals surface area contributed by atoms with Crippen LogP contribution in [0.1, 0.15) is 10.4 Å². The molecule has 0 spiro atoms. The van der Waals surface area contributed by atoms with Crippen molar-refractivity contribution in [3.05, 3.63) is 73.8 Å². The number of aromatic nitrogens is 2. The maximum atomic E-state index is 12.8. The molecule has 124 valence electrons. The first-order chi connectivity index (χ1) is 12.0. The van der Waals surface area contributed by atoms with Crippen molar-refractivity contribution < 1.29 is 0 Å². The number of nitrogens with zero attached hydrogens (tertiary/aromatic N) is 1. The van der Waals surface area contributed by atoms with Gasteiger partial charge in [-0.05, 0) is 31.5 Å². The van der Waals surface area contributed by atoms with Gasteiger partial charge in [0.15, 0.2) is 0 Å². The van der Waals surface area contributed by atoms with E-state index in [0.717, 1.165) is 30.9 Å². The quantitative estimate of drug-likeness (QED) is 0.460. The fourth-order valence-corrected chi connectivity index (χ4v) is 4.24. The molecule has 0 saturated carbocycles. The van der Waals surface area contributed by atoms with E-state index in [4.69, 9.17) is 4.98 Å². The number of benzene rings is 2. The zero-order valence-corrected chi connectivity index (χ0v) is 16.2. The van der Waals surface area contributed by atoms with Gasteiger partial charge in [-0.1, -0.05) is 57.9 Å². The van der Waals surface area contributed by atoms with Gasteiger partial charge in [0.25, 0.3) is 5.56 Å². The molecule has 0 atom stereocenters. The van der Waals surface area contributed by atoms with Crippen LogP contribution in [0.15, 0.2) is 57.8 Å². The highest BCUT2D eigenvalue weighted by Crippen LogP contribution is 2.36. The fourth-order valence-electron chi connectivity index (χ4n) is 2.93. The first-order valence-corrected chi connectivity index (χ1v) is 9.50. The number of aromatic amines is 1. The van der Waals surface area contributed by atoms with Crippen molar-refractivity contribution in [3.8, 4) is 22.5 Å². The fraction of sp³-hybridized carbons (Fsp3) is 0.100. The van der Waals surface area contributed by atoms with E-state index in [1.807, 2.05) is 62.4 Å². The lowest BCUT2D eigenvalue weighted by atomic mass is 10.0. The van der Waals surface area contributed by atoms with Gasteiger partial charge in [-0.25, -0.2) is 4.98 Å². The highest BCUT2D eigenvalue weighted by atomic mass is 79.9. The van der Waals surface area contributed by atoms with Gasteiger partial charge < -0.3 is 4.98 Å². The van der Waals surface area contributed by atoms with Gasteiger partial charge in [0.1, 0.15) is 10.7 Å².